The van der Waals surface area contributed by atoms with Crippen molar-refractivity contribution in [2.24, 2.45) is 0 Å². The number of aryl methyl sites for hydroxylation is 1. The lowest BCUT2D eigenvalue weighted by Crippen LogP contribution is -2.35. The van der Waals surface area contributed by atoms with Crippen LogP contribution in [0.25, 0.3) is 11.4 Å². The zero-order chi connectivity index (χ0) is 18.2. The van der Waals surface area contributed by atoms with Crippen LogP contribution in [0.15, 0.2) is 36.5 Å². The molecule has 1 amide bonds. The Morgan fingerprint density at radius 1 is 1.11 bits per heavy atom. The first-order chi connectivity index (χ1) is 13.3. The van der Waals surface area contributed by atoms with Crippen molar-refractivity contribution in [3.63, 3.8) is 0 Å². The maximum Gasteiger partial charge on any atom is 0.270 e. The van der Waals surface area contributed by atoms with Crippen LogP contribution in [0.3, 0.4) is 0 Å². The smallest absolute Gasteiger partial charge is 0.270 e. The van der Waals surface area contributed by atoms with Crippen LogP contribution < -0.4 is 10.6 Å². The van der Waals surface area contributed by atoms with E-state index < -0.39 is 0 Å². The number of H-pyrrole nitrogens is 1. The van der Waals surface area contributed by atoms with Gasteiger partial charge in [-0.1, -0.05) is 30.3 Å². The summed E-state index contributed by atoms with van der Waals surface area (Å²) in [6.07, 6.45) is 5.53. The number of anilines is 1. The Hall–Kier alpha value is -3.22. The molecule has 3 heterocycles. The lowest BCUT2D eigenvalue weighted by atomic mass is 9.93. The van der Waals surface area contributed by atoms with Crippen LogP contribution in [0.2, 0.25) is 0 Å². The van der Waals surface area contributed by atoms with E-state index in [-0.39, 0.29) is 11.9 Å². The second-order valence-electron chi connectivity index (χ2n) is 7.05. The van der Waals surface area contributed by atoms with Gasteiger partial charge in [0.1, 0.15) is 11.5 Å². The largest absolute Gasteiger partial charge is 0.367 e. The van der Waals surface area contributed by atoms with Crippen molar-refractivity contribution in [2.45, 2.75) is 31.7 Å². The number of aromatic nitrogens is 4. The number of carbonyl (C=O) groups excluding carboxylic acids is 1. The van der Waals surface area contributed by atoms with Gasteiger partial charge in [-0.15, -0.1) is 0 Å². The second kappa shape index (κ2) is 6.50. The van der Waals surface area contributed by atoms with E-state index in [4.69, 9.17) is 4.98 Å². The van der Waals surface area contributed by atoms with Crippen molar-refractivity contribution in [1.29, 1.82) is 0 Å². The monoisotopic (exact) mass is 360 g/mol. The maximum absolute atomic E-state index is 12.4. The van der Waals surface area contributed by atoms with Gasteiger partial charge in [-0.05, 0) is 24.8 Å². The van der Waals surface area contributed by atoms with Crippen LogP contribution in [0.1, 0.15) is 33.7 Å². The molecule has 0 radical (unpaired) electrons. The number of fused-ring (bicyclic) bond motifs is 2. The highest BCUT2D eigenvalue weighted by molar-refractivity contribution is 5.96. The number of benzene rings is 1. The summed E-state index contributed by atoms with van der Waals surface area (Å²) in [5.74, 6) is 1.23. The summed E-state index contributed by atoms with van der Waals surface area (Å²) >= 11 is 0. The van der Waals surface area contributed by atoms with E-state index in [2.05, 4.69) is 25.8 Å². The van der Waals surface area contributed by atoms with Crippen LogP contribution in [-0.2, 0) is 19.3 Å². The zero-order valence-corrected chi connectivity index (χ0v) is 14.8. The highest BCUT2D eigenvalue weighted by atomic mass is 16.1. The first-order valence-corrected chi connectivity index (χ1v) is 9.30. The van der Waals surface area contributed by atoms with Crippen LogP contribution in [0.4, 0.5) is 5.82 Å². The fourth-order valence-electron chi connectivity index (χ4n) is 3.85. The summed E-state index contributed by atoms with van der Waals surface area (Å²) in [4.78, 5) is 21.8. The third-order valence-corrected chi connectivity index (χ3v) is 5.28. The van der Waals surface area contributed by atoms with Gasteiger partial charge in [-0.2, -0.15) is 5.10 Å². The van der Waals surface area contributed by atoms with Crippen molar-refractivity contribution in [1.82, 2.24) is 25.5 Å². The topological polar surface area (TPSA) is 95.6 Å². The maximum atomic E-state index is 12.4. The molecule has 7 nitrogen and oxygen atoms in total. The van der Waals surface area contributed by atoms with Gasteiger partial charge >= 0.3 is 0 Å². The van der Waals surface area contributed by atoms with E-state index in [1.165, 1.54) is 11.3 Å². The number of nitrogens with one attached hydrogen (secondary N) is 3. The van der Waals surface area contributed by atoms with Gasteiger partial charge in [0, 0.05) is 35.8 Å². The molecule has 0 bridgehead atoms. The molecule has 1 unspecified atom stereocenters. The Kier molecular flexibility index (Phi) is 3.85. The van der Waals surface area contributed by atoms with Crippen LogP contribution in [0.5, 0.6) is 0 Å². The summed E-state index contributed by atoms with van der Waals surface area (Å²) in [5, 5.41) is 13.7. The molecule has 1 atom stereocenters. The van der Waals surface area contributed by atoms with Crippen LogP contribution in [0, 0.1) is 0 Å². The standard InChI is InChI=1S/C20H20N6O/c27-20-17-15(8-9-21-20)19(25-18(24-17)12-4-2-1-3-5-12)23-14-7-6-13-11-22-26-16(13)10-14/h1-5,11,14H,6-10H2,(H,21,27)(H,22,26)(H,23,24,25). The molecule has 3 N–H and O–H groups in total. The van der Waals surface area contributed by atoms with E-state index in [0.29, 0.717) is 18.1 Å². The quantitative estimate of drug-likeness (QED) is 0.665. The molecule has 0 spiro atoms. The number of hydrogen-bond acceptors (Lipinski definition) is 5. The predicted molar refractivity (Wildman–Crippen MR) is 102 cm³/mol. The summed E-state index contributed by atoms with van der Waals surface area (Å²) in [6, 6.07) is 10.0. The van der Waals surface area contributed by atoms with Gasteiger partial charge < -0.3 is 10.6 Å². The van der Waals surface area contributed by atoms with Gasteiger partial charge in [-0.3, -0.25) is 9.89 Å². The van der Waals surface area contributed by atoms with Gasteiger partial charge in [0.2, 0.25) is 0 Å². The Balaban J connectivity index is 1.53. The van der Waals surface area contributed by atoms with Gasteiger partial charge in [0.05, 0.1) is 6.20 Å². The number of hydrogen-bond donors (Lipinski definition) is 3. The van der Waals surface area contributed by atoms with Gasteiger partial charge in [0.15, 0.2) is 5.82 Å². The van der Waals surface area contributed by atoms with Crippen molar-refractivity contribution in [2.75, 3.05) is 11.9 Å². The number of amides is 1. The van der Waals surface area contributed by atoms with Crippen molar-refractivity contribution in [3.05, 3.63) is 59.0 Å². The highest BCUT2D eigenvalue weighted by Crippen LogP contribution is 2.28. The minimum atomic E-state index is -0.127. The molecule has 0 fully saturated rings. The molecular formula is C20H20N6O. The SMILES string of the molecule is O=C1NCCc2c(NC3CCc4cn[nH]c4C3)nc(-c3ccccc3)nc21. The molecule has 2 aliphatic rings. The van der Waals surface area contributed by atoms with Gasteiger partial charge in [-0.25, -0.2) is 9.97 Å². The molecule has 0 saturated carbocycles. The lowest BCUT2D eigenvalue weighted by Gasteiger charge is -2.26. The second-order valence-corrected chi connectivity index (χ2v) is 7.05. The van der Waals surface area contributed by atoms with E-state index in [1.807, 2.05) is 36.5 Å². The summed E-state index contributed by atoms with van der Waals surface area (Å²) in [7, 11) is 0. The molecule has 1 aromatic carbocycles. The fraction of sp³-hybridized carbons (Fsp3) is 0.300. The lowest BCUT2D eigenvalue weighted by molar-refractivity contribution is 0.0940. The predicted octanol–water partition coefficient (Wildman–Crippen LogP) is 2.12. The Labute approximate surface area is 156 Å². The zero-order valence-electron chi connectivity index (χ0n) is 14.8. The summed E-state index contributed by atoms with van der Waals surface area (Å²) in [5.41, 5.74) is 4.77. The average molecular weight is 360 g/mol. The summed E-state index contributed by atoms with van der Waals surface area (Å²) in [6.45, 7) is 0.615. The van der Waals surface area contributed by atoms with Crippen molar-refractivity contribution >= 4 is 11.7 Å². The first-order valence-electron chi connectivity index (χ1n) is 9.30. The molecule has 3 aromatic rings. The number of aromatic amines is 1. The molecule has 136 valence electrons. The van der Waals surface area contributed by atoms with Crippen molar-refractivity contribution in [3.8, 4) is 11.4 Å². The highest BCUT2D eigenvalue weighted by Gasteiger charge is 2.27. The average Bonchev–Trinajstić information content (AvgIpc) is 3.17. The molecule has 1 aliphatic heterocycles. The third kappa shape index (κ3) is 2.95. The molecule has 2 aromatic heterocycles. The third-order valence-electron chi connectivity index (χ3n) is 5.28. The van der Waals surface area contributed by atoms with E-state index in [9.17, 15) is 4.79 Å². The van der Waals surface area contributed by atoms with E-state index in [0.717, 1.165) is 42.6 Å². The number of rotatable bonds is 3. The molecular weight excluding hydrogens is 340 g/mol. The van der Waals surface area contributed by atoms with Crippen molar-refractivity contribution < 1.29 is 4.79 Å². The molecule has 1 aliphatic carbocycles. The normalized spacial score (nSPS) is 18.4. The first kappa shape index (κ1) is 16.0. The van der Waals surface area contributed by atoms with Crippen LogP contribution in [-0.4, -0.2) is 38.7 Å². The molecule has 7 heteroatoms. The number of nitrogens with zero attached hydrogens (tertiary/aromatic N) is 3. The molecule has 27 heavy (non-hydrogen) atoms. The van der Waals surface area contributed by atoms with Crippen LogP contribution >= 0.6 is 0 Å². The molecule has 5 rings (SSSR count). The summed E-state index contributed by atoms with van der Waals surface area (Å²) < 4.78 is 0. The van der Waals surface area contributed by atoms with E-state index in [1.54, 1.807) is 0 Å². The number of carbonyl (C=O) groups is 1. The van der Waals surface area contributed by atoms with Gasteiger partial charge in [0.25, 0.3) is 5.91 Å². The van der Waals surface area contributed by atoms with E-state index >= 15 is 0 Å². The minimum Gasteiger partial charge on any atom is -0.367 e. The Morgan fingerprint density at radius 3 is 2.89 bits per heavy atom. The Bertz CT molecular complexity index is 997. The minimum absolute atomic E-state index is 0.127. The molecule has 0 saturated heterocycles. The fourth-order valence-corrected chi connectivity index (χ4v) is 3.85. The Morgan fingerprint density at radius 2 is 2.00 bits per heavy atom.